The molecule has 3 rings (SSSR count). The van der Waals surface area contributed by atoms with Crippen LogP contribution >= 0.6 is 0 Å². The third-order valence-electron chi connectivity index (χ3n) is 4.31. The summed E-state index contributed by atoms with van der Waals surface area (Å²) in [6.45, 7) is -2.15. The van der Waals surface area contributed by atoms with Gasteiger partial charge in [-0.05, 0) is 12.1 Å². The van der Waals surface area contributed by atoms with E-state index in [-0.39, 0.29) is 11.1 Å². The molecule has 142 valence electrons. The minimum absolute atomic E-state index is 0.0360. The van der Waals surface area contributed by atoms with Crippen LogP contribution in [0.4, 0.5) is 22.0 Å². The third kappa shape index (κ3) is 2.86. The van der Waals surface area contributed by atoms with Crippen LogP contribution in [0, 0.1) is 11.8 Å². The Balaban J connectivity index is 1.69. The normalized spacial score (nSPS) is 24.7. The fourth-order valence-corrected chi connectivity index (χ4v) is 3.23. The van der Waals surface area contributed by atoms with Gasteiger partial charge in [0, 0.05) is 6.54 Å². The van der Waals surface area contributed by atoms with Gasteiger partial charge in [0.25, 0.3) is 17.7 Å². The highest BCUT2D eigenvalue weighted by Crippen LogP contribution is 2.56. The number of alkyl halides is 5. The lowest BCUT2D eigenvalue weighted by Gasteiger charge is -2.13. The summed E-state index contributed by atoms with van der Waals surface area (Å²) in [5.74, 6) is -8.69. The van der Waals surface area contributed by atoms with Crippen molar-refractivity contribution in [2.45, 2.75) is 11.4 Å². The molecular weight excluding hydrogens is 389 g/mol. The summed E-state index contributed by atoms with van der Waals surface area (Å²) in [5.41, 5.74) is -5.65. The van der Waals surface area contributed by atoms with E-state index in [0.717, 1.165) is 0 Å². The number of carbonyl (C=O) groups is 2. The average Bonchev–Trinajstić information content (AvgIpc) is 2.97. The van der Waals surface area contributed by atoms with E-state index in [2.05, 4.69) is 4.18 Å². The van der Waals surface area contributed by atoms with Gasteiger partial charge in [-0.3, -0.25) is 18.7 Å². The van der Waals surface area contributed by atoms with Gasteiger partial charge in [-0.1, -0.05) is 12.1 Å². The van der Waals surface area contributed by atoms with Crippen LogP contribution in [0.3, 0.4) is 0 Å². The van der Waals surface area contributed by atoms with E-state index in [9.17, 15) is 40.0 Å². The highest BCUT2D eigenvalue weighted by Gasteiger charge is 2.69. The molecule has 1 fully saturated rings. The molecule has 1 saturated carbocycles. The molecule has 0 N–H and O–H groups in total. The maximum atomic E-state index is 13.8. The quantitative estimate of drug-likeness (QED) is 0.328. The van der Waals surface area contributed by atoms with Crippen LogP contribution in [0.1, 0.15) is 20.7 Å². The lowest BCUT2D eigenvalue weighted by molar-refractivity contribution is -0.0552. The number of halogens is 5. The van der Waals surface area contributed by atoms with Crippen LogP contribution in [0.2, 0.25) is 0 Å². The first-order chi connectivity index (χ1) is 11.9. The Morgan fingerprint density at radius 1 is 1.04 bits per heavy atom. The van der Waals surface area contributed by atoms with Crippen molar-refractivity contribution in [2.24, 2.45) is 11.8 Å². The van der Waals surface area contributed by atoms with Gasteiger partial charge in [0.1, 0.15) is 0 Å². The van der Waals surface area contributed by atoms with E-state index >= 15 is 0 Å². The summed E-state index contributed by atoms with van der Waals surface area (Å²) in [6, 6.07) is 5.66. The summed E-state index contributed by atoms with van der Waals surface area (Å²) in [5, 5.41) is 0. The van der Waals surface area contributed by atoms with E-state index in [1.807, 2.05) is 0 Å². The molecule has 1 heterocycles. The smallest absolute Gasteiger partial charge is 0.274 e. The number of rotatable bonds is 5. The maximum absolute atomic E-state index is 13.8. The minimum atomic E-state index is -6.00. The molecule has 26 heavy (non-hydrogen) atoms. The molecule has 1 aromatic rings. The minimum Gasteiger partial charge on any atom is -0.274 e. The highest BCUT2D eigenvalue weighted by molar-refractivity contribution is 7.87. The molecule has 0 unspecified atom stereocenters. The zero-order valence-electron chi connectivity index (χ0n) is 12.7. The van der Waals surface area contributed by atoms with Crippen LogP contribution < -0.4 is 0 Å². The molecule has 1 aliphatic heterocycles. The Morgan fingerprint density at radius 2 is 1.54 bits per heavy atom. The Hall–Kier alpha value is -2.08. The van der Waals surface area contributed by atoms with E-state index in [1.165, 1.54) is 24.3 Å². The van der Waals surface area contributed by atoms with Crippen molar-refractivity contribution < 1.29 is 44.1 Å². The van der Waals surface area contributed by atoms with Gasteiger partial charge in [-0.2, -0.15) is 21.6 Å². The predicted octanol–water partition coefficient (Wildman–Crippen LogP) is 2.03. The lowest BCUT2D eigenvalue weighted by Crippen LogP contribution is -2.33. The van der Waals surface area contributed by atoms with Crippen molar-refractivity contribution in [1.29, 1.82) is 0 Å². The van der Waals surface area contributed by atoms with Crippen LogP contribution in [0.25, 0.3) is 0 Å². The summed E-state index contributed by atoms with van der Waals surface area (Å²) in [6.07, 6.45) is 0. The molecule has 2 amide bonds. The molecule has 2 atom stereocenters. The van der Waals surface area contributed by atoms with Gasteiger partial charge in [-0.15, -0.1) is 0 Å². The Morgan fingerprint density at radius 3 is 2.00 bits per heavy atom. The predicted molar refractivity (Wildman–Crippen MR) is 74.7 cm³/mol. The van der Waals surface area contributed by atoms with Crippen LogP contribution in [-0.2, 0) is 14.3 Å². The molecule has 0 bridgehead atoms. The van der Waals surface area contributed by atoms with Crippen LogP contribution in [-0.4, -0.2) is 49.7 Å². The second kappa shape index (κ2) is 5.71. The molecule has 1 aliphatic carbocycles. The maximum Gasteiger partial charge on any atom is 0.523 e. The molecule has 0 aromatic heterocycles. The number of carbonyl (C=O) groups excluding carboxylic acids is 2. The van der Waals surface area contributed by atoms with E-state index < -0.39 is 58.4 Å². The van der Waals surface area contributed by atoms with Gasteiger partial charge in [0.2, 0.25) is 0 Å². The van der Waals surface area contributed by atoms with Crippen molar-refractivity contribution >= 4 is 21.9 Å². The number of amides is 2. The van der Waals surface area contributed by atoms with Crippen molar-refractivity contribution in [3.8, 4) is 0 Å². The van der Waals surface area contributed by atoms with Gasteiger partial charge >= 0.3 is 15.6 Å². The fraction of sp³-hybridized carbons (Fsp3) is 0.429. The van der Waals surface area contributed by atoms with Crippen molar-refractivity contribution in [2.75, 3.05) is 13.2 Å². The topological polar surface area (TPSA) is 80.8 Å². The van der Waals surface area contributed by atoms with Crippen LogP contribution in [0.5, 0.6) is 0 Å². The molecule has 6 nitrogen and oxygen atoms in total. The summed E-state index contributed by atoms with van der Waals surface area (Å²) >= 11 is 0. The number of hydrogen-bond acceptors (Lipinski definition) is 5. The molecule has 0 spiro atoms. The SMILES string of the molecule is O=C1c2ccccc2C(=O)N1C[C@@H]1[C@H](COS(=O)(=O)C(F)(F)F)C1(F)F. The largest absolute Gasteiger partial charge is 0.523 e. The Bertz CT molecular complexity index is 847. The zero-order valence-corrected chi connectivity index (χ0v) is 13.5. The van der Waals surface area contributed by atoms with Gasteiger partial charge in [-0.25, -0.2) is 8.78 Å². The highest BCUT2D eigenvalue weighted by atomic mass is 32.2. The Kier molecular flexibility index (Phi) is 4.11. The first kappa shape index (κ1) is 18.7. The number of hydrogen-bond donors (Lipinski definition) is 0. The monoisotopic (exact) mass is 399 g/mol. The summed E-state index contributed by atoms with van der Waals surface area (Å²) in [4.78, 5) is 24.8. The first-order valence-electron chi connectivity index (χ1n) is 7.16. The number of imide groups is 1. The van der Waals surface area contributed by atoms with E-state index in [0.29, 0.717) is 4.90 Å². The fourth-order valence-electron chi connectivity index (χ4n) is 2.77. The van der Waals surface area contributed by atoms with Gasteiger partial charge < -0.3 is 0 Å². The summed E-state index contributed by atoms with van der Waals surface area (Å²) < 4.78 is 89.3. The zero-order chi connectivity index (χ0) is 19.5. The molecule has 0 radical (unpaired) electrons. The summed E-state index contributed by atoms with van der Waals surface area (Å²) in [7, 11) is -6.00. The van der Waals surface area contributed by atoms with E-state index in [1.54, 1.807) is 0 Å². The van der Waals surface area contributed by atoms with E-state index in [4.69, 9.17) is 0 Å². The standard InChI is InChI=1S/C14H10F5NO5S/c15-13(16)9(10(13)6-25-26(23,24)14(17,18)19)5-20-11(21)7-3-1-2-4-8(7)12(20)22/h1-4,9-10H,5-6H2/t9-,10+/m1/s1. The second-order valence-corrected chi connectivity index (χ2v) is 7.45. The Labute approximate surface area is 143 Å². The molecule has 2 aliphatic rings. The first-order valence-corrected chi connectivity index (χ1v) is 8.57. The molecule has 0 saturated heterocycles. The van der Waals surface area contributed by atoms with Gasteiger partial charge in [0.15, 0.2) is 0 Å². The number of fused-ring (bicyclic) bond motifs is 1. The van der Waals surface area contributed by atoms with Crippen molar-refractivity contribution in [1.82, 2.24) is 4.90 Å². The number of benzene rings is 1. The molecular formula is C14H10F5NO5S. The van der Waals surface area contributed by atoms with Crippen molar-refractivity contribution in [3.05, 3.63) is 35.4 Å². The molecule has 1 aromatic carbocycles. The lowest BCUT2D eigenvalue weighted by atomic mass is 10.1. The molecule has 12 heteroatoms. The number of nitrogens with zero attached hydrogens (tertiary/aromatic N) is 1. The van der Waals surface area contributed by atoms with Crippen molar-refractivity contribution in [3.63, 3.8) is 0 Å². The third-order valence-corrected chi connectivity index (χ3v) is 5.32. The van der Waals surface area contributed by atoms with Gasteiger partial charge in [0.05, 0.1) is 29.6 Å². The van der Waals surface area contributed by atoms with Crippen LogP contribution in [0.15, 0.2) is 24.3 Å². The average molecular weight is 399 g/mol. The second-order valence-electron chi connectivity index (χ2n) is 5.84.